The zero-order valence-corrected chi connectivity index (χ0v) is 11.1. The Morgan fingerprint density at radius 2 is 2.26 bits per heavy atom. The SMILES string of the molecule is COC(=O)C(COc1cc(F)ccc1C)NC1CC1. The van der Waals surface area contributed by atoms with Crippen molar-refractivity contribution in [3.8, 4) is 5.75 Å². The molecule has 1 aromatic rings. The minimum Gasteiger partial charge on any atom is -0.491 e. The Bertz CT molecular complexity index is 460. The van der Waals surface area contributed by atoms with Crippen molar-refractivity contribution in [3.05, 3.63) is 29.6 Å². The number of rotatable bonds is 6. The number of ether oxygens (including phenoxy) is 2. The van der Waals surface area contributed by atoms with Gasteiger partial charge in [-0.2, -0.15) is 0 Å². The highest BCUT2D eigenvalue weighted by Gasteiger charge is 2.29. The molecule has 1 unspecified atom stereocenters. The van der Waals surface area contributed by atoms with Crippen LogP contribution in [-0.2, 0) is 9.53 Å². The average Bonchev–Trinajstić information content (AvgIpc) is 3.21. The molecule has 1 atom stereocenters. The number of hydrogen-bond donors (Lipinski definition) is 1. The standard InChI is InChI=1S/C14H18FNO3/c1-9-3-4-10(15)7-13(9)19-8-12(14(17)18-2)16-11-5-6-11/h3-4,7,11-12,16H,5-6,8H2,1-2H3. The normalized spacial score (nSPS) is 15.9. The molecule has 0 radical (unpaired) electrons. The van der Waals surface area contributed by atoms with Crippen LogP contribution in [0.15, 0.2) is 18.2 Å². The second kappa shape index (κ2) is 6.02. The highest BCUT2D eigenvalue weighted by molar-refractivity contribution is 5.76. The molecule has 1 aliphatic carbocycles. The van der Waals surface area contributed by atoms with Crippen molar-refractivity contribution in [3.63, 3.8) is 0 Å². The summed E-state index contributed by atoms with van der Waals surface area (Å²) in [4.78, 5) is 11.6. The third-order valence-electron chi connectivity index (χ3n) is 3.06. The van der Waals surface area contributed by atoms with Gasteiger partial charge in [-0.3, -0.25) is 10.1 Å². The van der Waals surface area contributed by atoms with Crippen LogP contribution in [0.1, 0.15) is 18.4 Å². The quantitative estimate of drug-likeness (QED) is 0.798. The molecule has 1 aliphatic rings. The van der Waals surface area contributed by atoms with Crippen LogP contribution in [0.4, 0.5) is 4.39 Å². The number of aryl methyl sites for hydroxylation is 1. The lowest BCUT2D eigenvalue weighted by Gasteiger charge is -2.17. The van der Waals surface area contributed by atoms with Crippen molar-refractivity contribution in [2.75, 3.05) is 13.7 Å². The number of benzene rings is 1. The summed E-state index contributed by atoms with van der Waals surface area (Å²) in [6.45, 7) is 1.96. The molecule has 1 aromatic carbocycles. The van der Waals surface area contributed by atoms with Crippen LogP contribution in [0, 0.1) is 12.7 Å². The molecule has 19 heavy (non-hydrogen) atoms. The Hall–Kier alpha value is -1.62. The van der Waals surface area contributed by atoms with Gasteiger partial charge in [-0.15, -0.1) is 0 Å². The molecule has 2 rings (SSSR count). The summed E-state index contributed by atoms with van der Waals surface area (Å²) >= 11 is 0. The molecule has 0 aliphatic heterocycles. The van der Waals surface area contributed by atoms with Crippen LogP contribution < -0.4 is 10.1 Å². The molecular weight excluding hydrogens is 249 g/mol. The molecule has 0 aromatic heterocycles. The smallest absolute Gasteiger partial charge is 0.326 e. The molecule has 1 fully saturated rings. The lowest BCUT2D eigenvalue weighted by molar-refractivity contribution is -0.144. The zero-order valence-electron chi connectivity index (χ0n) is 11.1. The van der Waals surface area contributed by atoms with Gasteiger partial charge in [-0.25, -0.2) is 4.39 Å². The van der Waals surface area contributed by atoms with Crippen molar-refractivity contribution in [2.24, 2.45) is 0 Å². The molecule has 5 heteroatoms. The Morgan fingerprint density at radius 3 is 2.89 bits per heavy atom. The van der Waals surface area contributed by atoms with Crippen LogP contribution in [0.5, 0.6) is 5.75 Å². The summed E-state index contributed by atoms with van der Waals surface area (Å²) in [5.41, 5.74) is 0.830. The molecule has 0 amide bonds. The van der Waals surface area contributed by atoms with E-state index in [0.29, 0.717) is 11.8 Å². The maximum absolute atomic E-state index is 13.1. The van der Waals surface area contributed by atoms with Gasteiger partial charge < -0.3 is 9.47 Å². The summed E-state index contributed by atoms with van der Waals surface area (Å²) in [5, 5.41) is 3.15. The molecule has 1 N–H and O–H groups in total. The first kappa shape index (κ1) is 13.8. The summed E-state index contributed by atoms with van der Waals surface area (Å²) in [6.07, 6.45) is 2.12. The fraction of sp³-hybridized carbons (Fsp3) is 0.500. The number of halogens is 1. The molecule has 0 heterocycles. The molecule has 0 saturated heterocycles. The van der Waals surface area contributed by atoms with Gasteiger partial charge >= 0.3 is 5.97 Å². The number of hydrogen-bond acceptors (Lipinski definition) is 4. The van der Waals surface area contributed by atoms with E-state index in [2.05, 4.69) is 5.32 Å². The van der Waals surface area contributed by atoms with Crippen LogP contribution >= 0.6 is 0 Å². The van der Waals surface area contributed by atoms with Crippen molar-refractivity contribution >= 4 is 5.97 Å². The van der Waals surface area contributed by atoms with Crippen LogP contribution in [0.2, 0.25) is 0 Å². The maximum atomic E-state index is 13.1. The van der Waals surface area contributed by atoms with E-state index in [-0.39, 0.29) is 18.4 Å². The highest BCUT2D eigenvalue weighted by atomic mass is 19.1. The van der Waals surface area contributed by atoms with Gasteiger partial charge in [0.05, 0.1) is 7.11 Å². The Labute approximate surface area is 111 Å². The van der Waals surface area contributed by atoms with Gasteiger partial charge in [0.2, 0.25) is 0 Å². The van der Waals surface area contributed by atoms with Gasteiger partial charge in [0.1, 0.15) is 24.2 Å². The predicted octanol–water partition coefficient (Wildman–Crippen LogP) is 1.81. The zero-order chi connectivity index (χ0) is 13.8. The molecule has 104 valence electrons. The largest absolute Gasteiger partial charge is 0.491 e. The van der Waals surface area contributed by atoms with E-state index in [9.17, 15) is 9.18 Å². The average molecular weight is 267 g/mol. The third-order valence-corrected chi connectivity index (χ3v) is 3.06. The van der Waals surface area contributed by atoms with Crippen molar-refractivity contribution in [1.29, 1.82) is 0 Å². The van der Waals surface area contributed by atoms with Crippen LogP contribution in [0.25, 0.3) is 0 Å². The fourth-order valence-electron chi connectivity index (χ4n) is 1.76. The summed E-state index contributed by atoms with van der Waals surface area (Å²) in [6, 6.07) is 4.19. The molecule has 0 bridgehead atoms. The predicted molar refractivity (Wildman–Crippen MR) is 68.6 cm³/mol. The minimum atomic E-state index is -0.514. The van der Waals surface area contributed by atoms with E-state index in [1.54, 1.807) is 6.07 Å². The summed E-state index contributed by atoms with van der Waals surface area (Å²) < 4.78 is 23.4. The van der Waals surface area contributed by atoms with Crippen LogP contribution in [-0.4, -0.2) is 31.8 Å². The number of esters is 1. The van der Waals surface area contributed by atoms with Gasteiger partial charge in [-0.05, 0) is 31.4 Å². The fourth-order valence-corrected chi connectivity index (χ4v) is 1.76. The summed E-state index contributed by atoms with van der Waals surface area (Å²) in [5.74, 6) is -0.266. The topological polar surface area (TPSA) is 47.6 Å². The minimum absolute atomic E-state index is 0.132. The molecule has 1 saturated carbocycles. The highest BCUT2D eigenvalue weighted by Crippen LogP contribution is 2.21. The monoisotopic (exact) mass is 267 g/mol. The number of methoxy groups -OCH3 is 1. The van der Waals surface area contributed by atoms with Crippen molar-refractivity contribution in [2.45, 2.75) is 31.8 Å². The third kappa shape index (κ3) is 3.92. The second-order valence-electron chi connectivity index (χ2n) is 4.74. The van der Waals surface area contributed by atoms with Crippen molar-refractivity contribution < 1.29 is 18.7 Å². The molecule has 4 nitrogen and oxygen atoms in total. The van der Waals surface area contributed by atoms with E-state index in [1.165, 1.54) is 19.2 Å². The van der Waals surface area contributed by atoms with Crippen molar-refractivity contribution in [1.82, 2.24) is 5.32 Å². The summed E-state index contributed by atoms with van der Waals surface area (Å²) in [7, 11) is 1.34. The number of carbonyl (C=O) groups excluding carboxylic acids is 1. The van der Waals surface area contributed by atoms with E-state index < -0.39 is 6.04 Å². The Balaban J connectivity index is 1.96. The Kier molecular flexibility index (Phi) is 4.37. The lowest BCUT2D eigenvalue weighted by atomic mass is 10.2. The van der Waals surface area contributed by atoms with E-state index in [0.717, 1.165) is 18.4 Å². The first-order chi connectivity index (χ1) is 9.10. The van der Waals surface area contributed by atoms with Gasteiger partial charge in [0.15, 0.2) is 0 Å². The first-order valence-corrected chi connectivity index (χ1v) is 6.33. The van der Waals surface area contributed by atoms with Gasteiger partial charge in [0, 0.05) is 12.1 Å². The second-order valence-corrected chi connectivity index (χ2v) is 4.74. The van der Waals surface area contributed by atoms with Gasteiger partial charge in [-0.1, -0.05) is 6.07 Å². The number of nitrogens with one attached hydrogen (secondary N) is 1. The van der Waals surface area contributed by atoms with E-state index >= 15 is 0 Å². The number of carbonyl (C=O) groups is 1. The Morgan fingerprint density at radius 1 is 1.53 bits per heavy atom. The van der Waals surface area contributed by atoms with E-state index in [4.69, 9.17) is 9.47 Å². The van der Waals surface area contributed by atoms with E-state index in [1.807, 2.05) is 6.92 Å². The molecular formula is C14H18FNO3. The molecule has 0 spiro atoms. The maximum Gasteiger partial charge on any atom is 0.326 e. The van der Waals surface area contributed by atoms with Crippen LogP contribution in [0.3, 0.4) is 0 Å². The lowest BCUT2D eigenvalue weighted by Crippen LogP contribution is -2.43. The first-order valence-electron chi connectivity index (χ1n) is 6.33. The van der Waals surface area contributed by atoms with Gasteiger partial charge in [0.25, 0.3) is 0 Å².